The first kappa shape index (κ1) is 16.8. The number of carbonyl (C=O) groups is 1. The zero-order chi connectivity index (χ0) is 14.1. The van der Waals surface area contributed by atoms with Crippen molar-refractivity contribution in [1.82, 2.24) is 0 Å². The Hall–Kier alpha value is -1.25. The topological polar surface area (TPSA) is 57.5 Å². The van der Waals surface area contributed by atoms with E-state index in [9.17, 15) is 9.90 Å². The molecule has 0 rings (SSSR count). The quantitative estimate of drug-likeness (QED) is 0.385. The molecule has 0 fully saturated rings. The fraction of sp³-hybridized carbons (Fsp3) is 0.667. The maximum absolute atomic E-state index is 10.5. The molecule has 3 nitrogen and oxygen atoms in total. The van der Waals surface area contributed by atoms with Crippen molar-refractivity contribution in [3.8, 4) is 0 Å². The second-order valence-electron chi connectivity index (χ2n) is 5.40. The molecule has 0 aliphatic carbocycles. The molecule has 0 aromatic carbocycles. The van der Waals surface area contributed by atoms with E-state index in [0.29, 0.717) is 11.5 Å². The summed E-state index contributed by atoms with van der Waals surface area (Å²) >= 11 is 0. The molecule has 18 heavy (non-hydrogen) atoms. The Bertz CT molecular complexity index is 314. The van der Waals surface area contributed by atoms with Gasteiger partial charge in [-0.15, -0.1) is 0 Å². The molecular weight excluding hydrogens is 228 g/mol. The summed E-state index contributed by atoms with van der Waals surface area (Å²) in [6, 6.07) is 0. The van der Waals surface area contributed by atoms with Crippen LogP contribution in [0.1, 0.15) is 53.4 Å². The van der Waals surface area contributed by atoms with Crippen LogP contribution >= 0.6 is 0 Å². The molecule has 0 saturated carbocycles. The first-order chi connectivity index (χ1) is 8.34. The van der Waals surface area contributed by atoms with E-state index < -0.39 is 11.7 Å². The number of carboxylic acids is 1. The Morgan fingerprint density at radius 2 is 1.78 bits per heavy atom. The van der Waals surface area contributed by atoms with E-state index in [2.05, 4.69) is 20.8 Å². The first-order valence-electron chi connectivity index (χ1n) is 6.64. The van der Waals surface area contributed by atoms with Crippen LogP contribution < -0.4 is 0 Å². The van der Waals surface area contributed by atoms with Gasteiger partial charge >= 0.3 is 5.97 Å². The predicted octanol–water partition coefficient (Wildman–Crippen LogP) is 4.31. The average molecular weight is 254 g/mol. The molecule has 1 atom stereocenters. The Labute approximate surface area is 110 Å². The van der Waals surface area contributed by atoms with Crippen molar-refractivity contribution in [3.05, 3.63) is 23.5 Å². The molecule has 0 heterocycles. The van der Waals surface area contributed by atoms with Crippen molar-refractivity contribution >= 4 is 5.97 Å². The number of aliphatic carboxylic acids is 1. The summed E-state index contributed by atoms with van der Waals surface area (Å²) in [6.45, 7) is 8.25. The van der Waals surface area contributed by atoms with E-state index in [1.807, 2.05) is 6.08 Å². The number of rotatable bonds is 8. The lowest BCUT2D eigenvalue weighted by Gasteiger charge is -2.09. The van der Waals surface area contributed by atoms with E-state index >= 15 is 0 Å². The van der Waals surface area contributed by atoms with Gasteiger partial charge in [0.05, 0.1) is 0 Å². The highest BCUT2D eigenvalue weighted by Gasteiger charge is 2.06. The van der Waals surface area contributed by atoms with Crippen LogP contribution in [0.3, 0.4) is 0 Å². The van der Waals surface area contributed by atoms with Crippen molar-refractivity contribution in [2.75, 3.05) is 0 Å². The standard InChI is InChI=1S/C15H26O3/c1-11(2)7-5-8-12(3)9-6-10-13(4)14(16)15(17)18/h6,10-12,16H,5,7-9H2,1-4H3,(H,17,18)/b10-6+,14-13+. The van der Waals surface area contributed by atoms with Crippen LogP contribution in [-0.2, 0) is 4.79 Å². The summed E-state index contributed by atoms with van der Waals surface area (Å²) in [4.78, 5) is 10.5. The molecule has 0 amide bonds. The van der Waals surface area contributed by atoms with Crippen molar-refractivity contribution in [3.63, 3.8) is 0 Å². The van der Waals surface area contributed by atoms with E-state index in [1.165, 1.54) is 19.3 Å². The van der Waals surface area contributed by atoms with Crippen molar-refractivity contribution in [1.29, 1.82) is 0 Å². The number of carboxylic acid groups (broad SMARTS) is 1. The maximum Gasteiger partial charge on any atom is 0.371 e. The van der Waals surface area contributed by atoms with Crippen LogP contribution in [0.25, 0.3) is 0 Å². The smallest absolute Gasteiger partial charge is 0.371 e. The summed E-state index contributed by atoms with van der Waals surface area (Å²) in [7, 11) is 0. The largest absolute Gasteiger partial charge is 0.502 e. The third-order valence-corrected chi connectivity index (χ3v) is 2.96. The fourth-order valence-electron chi connectivity index (χ4n) is 1.72. The fourth-order valence-corrected chi connectivity index (χ4v) is 1.72. The van der Waals surface area contributed by atoms with E-state index in [-0.39, 0.29) is 0 Å². The van der Waals surface area contributed by atoms with Crippen molar-refractivity contribution < 1.29 is 15.0 Å². The summed E-state index contributed by atoms with van der Waals surface area (Å²) in [5.74, 6) is -0.494. The minimum absolute atomic E-state index is 0.400. The highest BCUT2D eigenvalue weighted by atomic mass is 16.4. The highest BCUT2D eigenvalue weighted by Crippen LogP contribution is 2.16. The summed E-state index contributed by atoms with van der Waals surface area (Å²) in [5, 5.41) is 17.8. The van der Waals surface area contributed by atoms with Crippen molar-refractivity contribution in [2.24, 2.45) is 11.8 Å². The van der Waals surface area contributed by atoms with E-state index in [1.54, 1.807) is 13.0 Å². The molecule has 0 spiro atoms. The molecule has 2 N–H and O–H groups in total. The third-order valence-electron chi connectivity index (χ3n) is 2.96. The molecule has 1 unspecified atom stereocenters. The second kappa shape index (κ2) is 8.78. The summed E-state index contributed by atoms with van der Waals surface area (Å²) in [5.41, 5.74) is 0.400. The SMILES string of the molecule is CC(/C=C/CC(C)CCCC(C)C)=C(\O)C(=O)O. The molecular formula is C15H26O3. The van der Waals surface area contributed by atoms with Crippen LogP contribution in [0.15, 0.2) is 23.5 Å². The molecule has 104 valence electrons. The van der Waals surface area contributed by atoms with Gasteiger partial charge in [-0.1, -0.05) is 52.2 Å². The second-order valence-corrected chi connectivity index (χ2v) is 5.40. The van der Waals surface area contributed by atoms with Gasteiger partial charge in [-0.2, -0.15) is 0 Å². The van der Waals surface area contributed by atoms with Gasteiger partial charge in [-0.3, -0.25) is 0 Å². The van der Waals surface area contributed by atoms with Crippen molar-refractivity contribution in [2.45, 2.75) is 53.4 Å². The zero-order valence-electron chi connectivity index (χ0n) is 11.9. The van der Waals surface area contributed by atoms with Gasteiger partial charge in [0.15, 0.2) is 0 Å². The number of hydrogen-bond donors (Lipinski definition) is 2. The maximum atomic E-state index is 10.5. The molecule has 3 heteroatoms. The van der Waals surface area contributed by atoms with Gasteiger partial charge in [-0.25, -0.2) is 4.79 Å². The molecule has 0 aromatic heterocycles. The summed E-state index contributed by atoms with van der Waals surface area (Å²) in [6.07, 6.45) is 8.23. The number of allylic oxidation sites excluding steroid dienone is 3. The minimum atomic E-state index is -1.28. The average Bonchev–Trinajstić information content (AvgIpc) is 2.27. The van der Waals surface area contributed by atoms with Gasteiger partial charge in [0.25, 0.3) is 0 Å². The lowest BCUT2D eigenvalue weighted by molar-refractivity contribution is -0.135. The normalized spacial score (nSPS) is 14.9. The summed E-state index contributed by atoms with van der Waals surface area (Å²) < 4.78 is 0. The molecule has 0 aliphatic heterocycles. The number of aliphatic hydroxyl groups excluding tert-OH is 1. The minimum Gasteiger partial charge on any atom is -0.502 e. The Morgan fingerprint density at radius 3 is 2.28 bits per heavy atom. The predicted molar refractivity (Wildman–Crippen MR) is 74.6 cm³/mol. The van der Waals surface area contributed by atoms with Gasteiger partial charge < -0.3 is 10.2 Å². The number of hydrogen-bond acceptors (Lipinski definition) is 2. The van der Waals surface area contributed by atoms with Gasteiger partial charge in [0.2, 0.25) is 5.76 Å². The lowest BCUT2D eigenvalue weighted by atomic mass is 9.97. The molecule has 0 aliphatic rings. The van der Waals surface area contributed by atoms with E-state index in [4.69, 9.17) is 5.11 Å². The van der Waals surface area contributed by atoms with Crippen LogP contribution in [0.2, 0.25) is 0 Å². The van der Waals surface area contributed by atoms with Crippen LogP contribution in [0.4, 0.5) is 0 Å². The van der Waals surface area contributed by atoms with Gasteiger partial charge in [0.1, 0.15) is 0 Å². The first-order valence-corrected chi connectivity index (χ1v) is 6.64. The highest BCUT2D eigenvalue weighted by molar-refractivity contribution is 5.85. The monoisotopic (exact) mass is 254 g/mol. The van der Waals surface area contributed by atoms with Gasteiger partial charge in [-0.05, 0) is 30.8 Å². The molecule has 0 saturated heterocycles. The lowest BCUT2D eigenvalue weighted by Crippen LogP contribution is -2.01. The Morgan fingerprint density at radius 1 is 1.17 bits per heavy atom. The molecule has 0 bridgehead atoms. The number of aliphatic hydroxyl groups is 1. The molecule has 0 aromatic rings. The zero-order valence-corrected chi connectivity index (χ0v) is 11.9. The third kappa shape index (κ3) is 7.93. The van der Waals surface area contributed by atoms with Crippen LogP contribution in [0, 0.1) is 11.8 Å². The Kier molecular flexibility index (Phi) is 8.17. The van der Waals surface area contributed by atoms with Crippen LogP contribution in [-0.4, -0.2) is 16.2 Å². The molecule has 0 radical (unpaired) electrons. The Balaban J connectivity index is 4.01. The van der Waals surface area contributed by atoms with Crippen LogP contribution in [0.5, 0.6) is 0 Å². The van der Waals surface area contributed by atoms with E-state index in [0.717, 1.165) is 12.3 Å². The van der Waals surface area contributed by atoms with Gasteiger partial charge in [0, 0.05) is 0 Å².